The van der Waals surface area contributed by atoms with E-state index in [0.717, 1.165) is 12.3 Å². The average Bonchev–Trinajstić information content (AvgIpc) is 3.34. The molecule has 4 aromatic heterocycles. The molecule has 0 spiro atoms. The molecular formula is C23H16F6N6OS. The first kappa shape index (κ1) is 24.9. The highest BCUT2D eigenvalue weighted by molar-refractivity contribution is 7.99. The van der Waals surface area contributed by atoms with Gasteiger partial charge in [0.05, 0.1) is 16.8 Å². The summed E-state index contributed by atoms with van der Waals surface area (Å²) in [5.74, 6) is 0.595. The van der Waals surface area contributed by atoms with Gasteiger partial charge in [-0.3, -0.25) is 0 Å². The Morgan fingerprint density at radius 3 is 2.35 bits per heavy atom. The third-order valence-electron chi connectivity index (χ3n) is 5.41. The first-order valence-electron chi connectivity index (χ1n) is 10.7. The van der Waals surface area contributed by atoms with E-state index in [1.807, 2.05) is 6.92 Å². The third kappa shape index (κ3) is 4.68. The number of thioether (sulfide) groups is 1. The molecule has 0 bridgehead atoms. The molecule has 14 heteroatoms. The van der Waals surface area contributed by atoms with Crippen molar-refractivity contribution in [3.05, 3.63) is 54.4 Å². The van der Waals surface area contributed by atoms with Gasteiger partial charge in [0.25, 0.3) is 0 Å². The van der Waals surface area contributed by atoms with E-state index in [-0.39, 0.29) is 16.9 Å². The standard InChI is InChI=1S/C23H16F6N6OS/c1-3-37-21-17(20-32-15-10-13(22(24,25)26)11-31-18(15)34(20)2)19-30-9-8-16(35(19)33-21)12-4-6-14(7-5-12)36-23(27,28)29/h4-11H,3H2,1-2H3. The van der Waals surface area contributed by atoms with Crippen LogP contribution in [0.4, 0.5) is 26.3 Å². The Kier molecular flexibility index (Phi) is 6.01. The van der Waals surface area contributed by atoms with E-state index in [1.54, 1.807) is 17.7 Å². The smallest absolute Gasteiger partial charge is 0.406 e. The molecule has 37 heavy (non-hydrogen) atoms. The molecule has 0 aliphatic rings. The van der Waals surface area contributed by atoms with Crippen molar-refractivity contribution in [3.8, 4) is 28.4 Å². The molecule has 192 valence electrons. The van der Waals surface area contributed by atoms with Crippen LogP contribution in [0.25, 0.3) is 39.5 Å². The number of imidazole rings is 1. The summed E-state index contributed by atoms with van der Waals surface area (Å²) in [4.78, 5) is 12.8. The van der Waals surface area contributed by atoms with E-state index in [9.17, 15) is 26.3 Å². The van der Waals surface area contributed by atoms with E-state index < -0.39 is 18.1 Å². The monoisotopic (exact) mass is 538 g/mol. The van der Waals surface area contributed by atoms with Gasteiger partial charge in [-0.05, 0) is 42.2 Å². The molecule has 0 unspecified atom stereocenters. The maximum Gasteiger partial charge on any atom is 0.573 e. The SMILES string of the molecule is CCSc1nn2c(-c3ccc(OC(F)(F)F)cc3)ccnc2c1-c1nc2cc(C(F)(F)F)cnc2n1C. The number of rotatable bonds is 5. The van der Waals surface area contributed by atoms with E-state index in [2.05, 4.69) is 24.8 Å². The summed E-state index contributed by atoms with van der Waals surface area (Å²) >= 11 is 1.39. The second-order valence-corrected chi connectivity index (χ2v) is 9.06. The van der Waals surface area contributed by atoms with E-state index in [0.29, 0.717) is 39.1 Å². The number of halogens is 6. The lowest BCUT2D eigenvalue weighted by molar-refractivity contribution is -0.274. The highest BCUT2D eigenvalue weighted by Gasteiger charge is 2.33. The highest BCUT2D eigenvalue weighted by atomic mass is 32.2. The number of fused-ring (bicyclic) bond motifs is 2. The minimum atomic E-state index is -4.81. The zero-order valence-corrected chi connectivity index (χ0v) is 19.9. The molecule has 5 rings (SSSR count). The maximum absolute atomic E-state index is 13.2. The van der Waals surface area contributed by atoms with Crippen LogP contribution >= 0.6 is 11.8 Å². The lowest BCUT2D eigenvalue weighted by Gasteiger charge is -2.10. The number of alkyl halides is 6. The second-order valence-electron chi connectivity index (χ2n) is 7.81. The van der Waals surface area contributed by atoms with Crippen molar-refractivity contribution in [2.75, 3.05) is 5.75 Å². The first-order chi connectivity index (χ1) is 17.5. The van der Waals surface area contributed by atoms with E-state index in [1.165, 1.54) is 46.7 Å². The molecule has 1 aromatic carbocycles. The molecule has 0 N–H and O–H groups in total. The zero-order chi connectivity index (χ0) is 26.5. The number of hydrogen-bond acceptors (Lipinski definition) is 6. The van der Waals surface area contributed by atoms with Gasteiger partial charge in [-0.1, -0.05) is 6.92 Å². The lowest BCUT2D eigenvalue weighted by Crippen LogP contribution is -2.16. The van der Waals surface area contributed by atoms with Crippen LogP contribution in [0.2, 0.25) is 0 Å². The maximum atomic E-state index is 13.2. The molecule has 0 aliphatic heterocycles. The van der Waals surface area contributed by atoms with Gasteiger partial charge in [0, 0.05) is 25.0 Å². The molecule has 7 nitrogen and oxygen atoms in total. The Labute approximate surface area is 209 Å². The fraction of sp³-hybridized carbons (Fsp3) is 0.217. The van der Waals surface area contributed by atoms with Gasteiger partial charge in [-0.25, -0.2) is 19.5 Å². The van der Waals surface area contributed by atoms with Crippen LogP contribution < -0.4 is 4.74 Å². The fourth-order valence-electron chi connectivity index (χ4n) is 3.86. The summed E-state index contributed by atoms with van der Waals surface area (Å²) in [7, 11) is 1.64. The molecule has 0 saturated carbocycles. The summed E-state index contributed by atoms with van der Waals surface area (Å²) in [6.45, 7) is 1.91. The van der Waals surface area contributed by atoms with Crippen LogP contribution in [0, 0.1) is 0 Å². The Morgan fingerprint density at radius 1 is 0.973 bits per heavy atom. The number of aromatic nitrogens is 6. The number of aryl methyl sites for hydroxylation is 1. The lowest BCUT2D eigenvalue weighted by atomic mass is 10.1. The number of nitrogens with zero attached hydrogens (tertiary/aromatic N) is 6. The molecule has 0 fully saturated rings. The van der Waals surface area contributed by atoms with E-state index >= 15 is 0 Å². The predicted molar refractivity (Wildman–Crippen MR) is 124 cm³/mol. The molecule has 0 amide bonds. The Bertz CT molecular complexity index is 1610. The Hall–Kier alpha value is -3.81. The number of benzene rings is 1. The van der Waals surface area contributed by atoms with Crippen LogP contribution in [-0.2, 0) is 13.2 Å². The van der Waals surface area contributed by atoms with Crippen LogP contribution in [0.3, 0.4) is 0 Å². The predicted octanol–water partition coefficient (Wildman–Crippen LogP) is 6.37. The summed E-state index contributed by atoms with van der Waals surface area (Å²) in [5, 5.41) is 5.19. The van der Waals surface area contributed by atoms with Gasteiger partial charge in [0.1, 0.15) is 22.1 Å². The molecule has 4 heterocycles. The van der Waals surface area contributed by atoms with Crippen LogP contribution in [-0.4, -0.2) is 41.2 Å². The van der Waals surface area contributed by atoms with Crippen molar-refractivity contribution >= 4 is 28.6 Å². The molecule has 0 saturated heterocycles. The molecule has 0 aliphatic carbocycles. The number of pyridine rings is 1. The molecular weight excluding hydrogens is 522 g/mol. The largest absolute Gasteiger partial charge is 0.573 e. The van der Waals surface area contributed by atoms with Gasteiger partial charge in [-0.2, -0.15) is 18.3 Å². The first-order valence-corrected chi connectivity index (χ1v) is 11.7. The van der Waals surface area contributed by atoms with Gasteiger partial charge >= 0.3 is 12.5 Å². The number of hydrogen-bond donors (Lipinski definition) is 0. The fourth-order valence-corrected chi connectivity index (χ4v) is 4.60. The van der Waals surface area contributed by atoms with E-state index in [4.69, 9.17) is 0 Å². The number of ether oxygens (including phenoxy) is 1. The summed E-state index contributed by atoms with van der Waals surface area (Å²) in [6, 6.07) is 7.89. The third-order valence-corrected chi connectivity index (χ3v) is 6.26. The van der Waals surface area contributed by atoms with Crippen molar-refractivity contribution in [2.24, 2.45) is 7.05 Å². The van der Waals surface area contributed by atoms with Crippen LogP contribution in [0.1, 0.15) is 12.5 Å². The minimum Gasteiger partial charge on any atom is -0.406 e. The second kappa shape index (κ2) is 8.94. The van der Waals surface area contributed by atoms with Crippen molar-refractivity contribution < 1.29 is 31.1 Å². The van der Waals surface area contributed by atoms with Crippen molar-refractivity contribution in [2.45, 2.75) is 24.5 Å². The van der Waals surface area contributed by atoms with Gasteiger partial charge in [0.15, 0.2) is 11.3 Å². The Morgan fingerprint density at radius 2 is 1.70 bits per heavy atom. The molecule has 0 atom stereocenters. The topological polar surface area (TPSA) is 70.1 Å². The summed E-state index contributed by atoms with van der Waals surface area (Å²) < 4.78 is 84.3. The van der Waals surface area contributed by atoms with Gasteiger partial charge in [-0.15, -0.1) is 24.9 Å². The van der Waals surface area contributed by atoms with Gasteiger partial charge < -0.3 is 9.30 Å². The van der Waals surface area contributed by atoms with Crippen molar-refractivity contribution in [1.29, 1.82) is 0 Å². The zero-order valence-electron chi connectivity index (χ0n) is 19.1. The normalized spacial score (nSPS) is 12.5. The van der Waals surface area contributed by atoms with Crippen LogP contribution in [0.5, 0.6) is 5.75 Å². The highest BCUT2D eigenvalue weighted by Crippen LogP contribution is 2.37. The molecule has 0 radical (unpaired) electrons. The Balaban J connectivity index is 1.66. The summed E-state index contributed by atoms with van der Waals surface area (Å²) in [6.07, 6.45) is -7.10. The summed E-state index contributed by atoms with van der Waals surface area (Å²) in [5.41, 5.74) is 1.36. The van der Waals surface area contributed by atoms with Gasteiger partial charge in [0.2, 0.25) is 0 Å². The minimum absolute atomic E-state index is 0.0653. The average molecular weight is 538 g/mol. The van der Waals surface area contributed by atoms with Crippen LogP contribution in [0.15, 0.2) is 53.8 Å². The van der Waals surface area contributed by atoms with Crippen molar-refractivity contribution in [3.63, 3.8) is 0 Å². The molecule has 5 aromatic rings. The van der Waals surface area contributed by atoms with Crippen molar-refractivity contribution in [1.82, 2.24) is 29.1 Å². The quantitative estimate of drug-likeness (QED) is 0.191.